The van der Waals surface area contributed by atoms with E-state index < -0.39 is 137 Å². The largest absolute Gasteiger partial charge is 0.480 e. The summed E-state index contributed by atoms with van der Waals surface area (Å²) in [6.07, 6.45) is 0.299. The van der Waals surface area contributed by atoms with Crippen LogP contribution in [0.15, 0.2) is 53.5 Å². The van der Waals surface area contributed by atoms with Crippen LogP contribution in [-0.2, 0) is 60.8 Å². The summed E-state index contributed by atoms with van der Waals surface area (Å²) in [7, 11) is 1.65. The highest BCUT2D eigenvalue weighted by atomic mass is 32.1. The molecule has 426 valence electrons. The molecule has 0 saturated carbocycles. The summed E-state index contributed by atoms with van der Waals surface area (Å²) in [5, 5.41) is 101. The Morgan fingerprint density at radius 3 is 1.01 bits per heavy atom. The van der Waals surface area contributed by atoms with Crippen molar-refractivity contribution >= 4 is 106 Å². The first kappa shape index (κ1) is 69.4. The van der Waals surface area contributed by atoms with Gasteiger partial charge in [0.25, 0.3) is 0 Å². The van der Waals surface area contributed by atoms with Crippen LogP contribution in [0.25, 0.3) is 0 Å². The number of carboxylic acids is 10. The predicted octanol–water partition coefficient (Wildman–Crippen LogP) is -0.860. The van der Waals surface area contributed by atoms with Crippen LogP contribution in [-0.4, -0.2) is 274 Å². The molecule has 2 atom stereocenters. The molecule has 12 N–H and O–H groups in total. The Morgan fingerprint density at radius 1 is 0.468 bits per heavy atom. The highest BCUT2D eigenvalue weighted by Gasteiger charge is 2.29. The van der Waals surface area contributed by atoms with Gasteiger partial charge in [0.05, 0.1) is 76.3 Å². The Balaban J connectivity index is 0.00000148. The van der Waals surface area contributed by atoms with Gasteiger partial charge in [-0.1, -0.05) is 31.7 Å². The monoisotopic (exact) mass is 1130 g/mol. The van der Waals surface area contributed by atoms with Crippen LogP contribution in [0, 0.1) is 0 Å². The summed E-state index contributed by atoms with van der Waals surface area (Å²) >= 11 is 9.63. The number of nitrogens with one attached hydrogen (secondary N) is 2. The molecule has 0 bridgehead atoms. The van der Waals surface area contributed by atoms with E-state index in [1.165, 1.54) is 19.6 Å². The lowest BCUT2D eigenvalue weighted by molar-refractivity contribution is -0.145. The third-order valence-corrected chi connectivity index (χ3v) is 10.8. The standard InChI is InChI=1S/C23H33N5O10S.C22H28N4O10S.CH4/c1-24-23(39)25-16-4-2-15(3-5-16)8-17(28(13-21(35)36)14-22(37)38)9-26(10-18(29)30)6-7-27(11-19(31)32)12-20(33)34;27-18(28)9-24(5-6-25(10-19(29)30)11-20(31)32)8-17(26(12-21(33)34)13-22(35)36)7-15-1-3-16(4-2-15)23-14-37;/h2-5,17H,6-14H2,1H3,(H,29,30)(H,31,32)(H,33,34)(H,35,36)(H,37,38)(H2,24,25,39);1-4,17H,5-13H2,(H,27,28)(H,29,30)(H,31,32)(H,33,34)(H,35,36);1H4/t2*17-;/m00./s1. The maximum atomic E-state index is 11.6. The number of nitrogens with zero attached hydrogens (tertiary/aromatic N) is 7. The number of benzene rings is 2. The van der Waals surface area contributed by atoms with E-state index in [2.05, 4.69) is 33.0 Å². The molecular formula is C46H65N9O20S2. The molecule has 0 radical (unpaired) electrons. The van der Waals surface area contributed by atoms with Crippen LogP contribution in [0.4, 0.5) is 11.4 Å². The van der Waals surface area contributed by atoms with Gasteiger partial charge in [0.15, 0.2) is 5.11 Å². The van der Waals surface area contributed by atoms with Crippen LogP contribution in [0.5, 0.6) is 0 Å². The Kier molecular flexibility index (Phi) is 33.5. The van der Waals surface area contributed by atoms with E-state index in [-0.39, 0.29) is 59.5 Å². The molecule has 29 nitrogen and oxygen atoms in total. The average molecular weight is 1130 g/mol. The van der Waals surface area contributed by atoms with E-state index in [0.717, 1.165) is 9.80 Å². The van der Waals surface area contributed by atoms with E-state index in [0.29, 0.717) is 27.6 Å². The molecule has 0 amide bonds. The molecule has 0 aliphatic carbocycles. The first-order chi connectivity index (χ1) is 35.7. The van der Waals surface area contributed by atoms with Crippen molar-refractivity contribution in [2.24, 2.45) is 4.99 Å². The highest BCUT2D eigenvalue weighted by molar-refractivity contribution is 7.80. The van der Waals surface area contributed by atoms with Gasteiger partial charge in [-0.2, -0.15) is 4.99 Å². The fourth-order valence-corrected chi connectivity index (χ4v) is 7.59. The van der Waals surface area contributed by atoms with Gasteiger partial charge < -0.3 is 61.7 Å². The highest BCUT2D eigenvalue weighted by Crippen LogP contribution is 2.18. The van der Waals surface area contributed by atoms with Crippen LogP contribution in [0.3, 0.4) is 0 Å². The van der Waals surface area contributed by atoms with Crippen LogP contribution in [0.2, 0.25) is 0 Å². The summed E-state index contributed by atoms with van der Waals surface area (Å²) in [6, 6.07) is 12.0. The molecule has 31 heteroatoms. The van der Waals surface area contributed by atoms with Crippen molar-refractivity contribution in [1.29, 1.82) is 0 Å². The van der Waals surface area contributed by atoms with Gasteiger partial charge in [-0.05, 0) is 72.7 Å². The van der Waals surface area contributed by atoms with Crippen molar-refractivity contribution in [2.75, 3.05) is 117 Å². The molecular weight excluding hydrogens is 1060 g/mol. The average Bonchev–Trinajstić information content (AvgIpc) is 3.28. The van der Waals surface area contributed by atoms with E-state index in [1.807, 2.05) is 0 Å². The Labute approximate surface area is 452 Å². The molecule has 2 aromatic rings. The zero-order valence-corrected chi connectivity index (χ0v) is 42.6. The second-order valence-corrected chi connectivity index (χ2v) is 17.2. The third kappa shape index (κ3) is 33.1. The molecule has 2 aromatic carbocycles. The number of aliphatic imine (C=N–C) groups is 1. The molecule has 0 fully saturated rings. The summed E-state index contributed by atoms with van der Waals surface area (Å²) < 4.78 is 0. The van der Waals surface area contributed by atoms with Gasteiger partial charge in [-0.25, -0.2) is 0 Å². The van der Waals surface area contributed by atoms with Crippen molar-refractivity contribution < 1.29 is 99.0 Å². The van der Waals surface area contributed by atoms with Gasteiger partial charge in [0, 0.05) is 64.1 Å². The van der Waals surface area contributed by atoms with Crippen molar-refractivity contribution in [1.82, 2.24) is 34.7 Å². The molecule has 0 heterocycles. The second kappa shape index (κ2) is 37.2. The van der Waals surface area contributed by atoms with E-state index in [4.69, 9.17) is 32.6 Å². The van der Waals surface area contributed by atoms with E-state index >= 15 is 0 Å². The molecule has 0 unspecified atom stereocenters. The number of thiocarbonyl (C=S) groups is 2. The van der Waals surface area contributed by atoms with Gasteiger partial charge in [0.1, 0.15) is 0 Å². The van der Waals surface area contributed by atoms with E-state index in [1.54, 1.807) is 55.6 Å². The van der Waals surface area contributed by atoms with Crippen molar-refractivity contribution in [3.05, 3.63) is 59.7 Å². The molecule has 0 saturated heterocycles. The molecule has 0 spiro atoms. The van der Waals surface area contributed by atoms with Gasteiger partial charge in [-0.15, -0.1) is 0 Å². The number of isothiocyanates is 1. The minimum Gasteiger partial charge on any atom is -0.480 e. The fraction of sp³-hybridized carbons (Fsp3) is 0.478. The number of carbonyl (C=O) groups is 10. The SMILES string of the molecule is C.CNC(=S)Nc1ccc(C[C@@H](CN(CCN(CC(=O)O)CC(=O)O)CC(=O)O)N(CC(=O)O)CC(=O)O)cc1.O=C(O)CN(CCN(CC(=O)O)C[C@H](Cc1ccc(N=C=S)cc1)N(CC(=O)O)CC(=O)O)CC(=O)O. The molecule has 2 rings (SSSR count). The lowest BCUT2D eigenvalue weighted by Gasteiger charge is -2.34. The first-order valence-corrected chi connectivity index (χ1v) is 23.3. The number of anilines is 1. The predicted molar refractivity (Wildman–Crippen MR) is 280 cm³/mol. The number of hydrogen-bond donors (Lipinski definition) is 12. The summed E-state index contributed by atoms with van der Waals surface area (Å²) in [5.74, 6) is -12.6. The quantitative estimate of drug-likeness (QED) is 0.0287. The Hall–Kier alpha value is -7.61. The van der Waals surface area contributed by atoms with Crippen LogP contribution < -0.4 is 10.6 Å². The minimum absolute atomic E-state index is 0. The smallest absolute Gasteiger partial charge is 0.317 e. The van der Waals surface area contributed by atoms with Gasteiger partial charge >= 0.3 is 59.7 Å². The Bertz CT molecular complexity index is 2300. The summed E-state index contributed by atoms with van der Waals surface area (Å²) in [6.45, 7) is -6.45. The number of carboxylic acid groups (broad SMARTS) is 10. The van der Waals surface area contributed by atoms with Gasteiger partial charge in [-0.3, -0.25) is 77.3 Å². The second-order valence-electron chi connectivity index (χ2n) is 16.6. The maximum Gasteiger partial charge on any atom is 0.317 e. The van der Waals surface area contributed by atoms with Crippen molar-refractivity contribution in [3.8, 4) is 0 Å². The molecule has 0 aliphatic heterocycles. The fourth-order valence-electron chi connectivity index (χ4n) is 7.37. The molecule has 77 heavy (non-hydrogen) atoms. The topological polar surface area (TPSA) is 429 Å². The Morgan fingerprint density at radius 2 is 0.740 bits per heavy atom. The van der Waals surface area contributed by atoms with Crippen molar-refractivity contribution in [3.63, 3.8) is 0 Å². The minimum atomic E-state index is -1.28. The summed E-state index contributed by atoms with van der Waals surface area (Å²) in [4.78, 5) is 125. The molecule has 0 aliphatic rings. The van der Waals surface area contributed by atoms with E-state index in [9.17, 15) is 78.6 Å². The normalized spacial score (nSPS) is 11.6. The van der Waals surface area contributed by atoms with Crippen molar-refractivity contribution in [2.45, 2.75) is 32.4 Å². The van der Waals surface area contributed by atoms with Gasteiger partial charge in [0.2, 0.25) is 0 Å². The number of aliphatic carboxylic acids is 10. The third-order valence-electron chi connectivity index (χ3n) is 10.4. The first-order valence-electron chi connectivity index (χ1n) is 22.5. The molecule has 0 aromatic heterocycles. The van der Waals surface area contributed by atoms with Crippen LogP contribution in [0.1, 0.15) is 18.6 Å². The zero-order valence-electron chi connectivity index (χ0n) is 41.0. The number of rotatable bonds is 38. The van der Waals surface area contributed by atoms with Crippen LogP contribution >= 0.6 is 24.4 Å². The summed E-state index contributed by atoms with van der Waals surface area (Å²) in [5.41, 5.74) is 2.58. The zero-order chi connectivity index (χ0) is 57.5. The number of hydrogen-bond acceptors (Lipinski definition) is 19. The maximum absolute atomic E-state index is 11.6. The lowest BCUT2D eigenvalue weighted by Crippen LogP contribution is -2.51. The lowest BCUT2D eigenvalue weighted by atomic mass is 10.0.